The van der Waals surface area contributed by atoms with Crippen molar-refractivity contribution in [3.05, 3.63) is 65.8 Å². The Balaban J connectivity index is 2.29. The highest BCUT2D eigenvalue weighted by Gasteiger charge is 2.21. The summed E-state index contributed by atoms with van der Waals surface area (Å²) in [5, 5.41) is 0. The fourth-order valence-corrected chi connectivity index (χ4v) is 4.67. The van der Waals surface area contributed by atoms with E-state index < -0.39 is 0 Å². The molecule has 0 heterocycles. The molecule has 0 radical (unpaired) electrons. The largest absolute Gasteiger partial charge is 0.358 e. The summed E-state index contributed by atoms with van der Waals surface area (Å²) in [5.74, 6) is 0.132. The van der Waals surface area contributed by atoms with Crippen molar-refractivity contribution in [2.45, 2.75) is 27.7 Å². The zero-order chi connectivity index (χ0) is 14.0. The molecule has 0 aliphatic heterocycles. The Morgan fingerprint density at radius 3 is 1.95 bits per heavy atom. The van der Waals surface area contributed by atoms with Crippen LogP contribution in [0.3, 0.4) is 0 Å². The number of carbonyl (C=O) groups is 1. The van der Waals surface area contributed by atoms with E-state index in [-0.39, 0.29) is 27.0 Å². The van der Waals surface area contributed by atoms with Crippen molar-refractivity contribution in [3.63, 3.8) is 0 Å². The molecule has 0 saturated heterocycles. The van der Waals surface area contributed by atoms with Crippen LogP contribution in [0.15, 0.2) is 36.4 Å². The number of hydrogen-bond acceptors (Lipinski definition) is 1. The Morgan fingerprint density at radius 2 is 1.47 bits per heavy atom. The van der Waals surface area contributed by atoms with Crippen LogP contribution >= 0.6 is 0 Å². The van der Waals surface area contributed by atoms with Gasteiger partial charge in [0.25, 0.3) is 0 Å². The molecule has 0 spiro atoms. The molecule has 0 bridgehead atoms. The van der Waals surface area contributed by atoms with Crippen molar-refractivity contribution in [2.24, 2.45) is 0 Å². The Bertz CT molecular complexity index is 589. The van der Waals surface area contributed by atoms with Crippen LogP contribution in [0.4, 0.5) is 0 Å². The summed E-state index contributed by atoms with van der Waals surface area (Å²) in [6.45, 7) is 8.14. The number of carbonyl (C=O) groups excluding carboxylic acids is 1. The summed E-state index contributed by atoms with van der Waals surface area (Å²) in [6.07, 6.45) is 0. The summed E-state index contributed by atoms with van der Waals surface area (Å²) in [5.41, 5.74) is 4.90. The molecule has 0 amide bonds. The lowest BCUT2D eigenvalue weighted by Gasteiger charge is -2.01. The van der Waals surface area contributed by atoms with Gasteiger partial charge in [-0.2, -0.15) is 0 Å². The zero-order valence-electron chi connectivity index (χ0n) is 11.8. The second-order valence-corrected chi connectivity index (χ2v) is 7.73. The Labute approximate surface area is 125 Å². The van der Waals surface area contributed by atoms with Gasteiger partial charge in [-0.25, -0.2) is 0 Å². The third-order valence-electron chi connectivity index (χ3n) is 3.04. The molecule has 2 aromatic rings. The molecule has 0 N–H and O–H groups in total. The first-order chi connectivity index (χ1) is 8.97. The number of halogens is 1. The van der Waals surface area contributed by atoms with Gasteiger partial charge in [-0.3, -0.25) is 4.79 Å². The predicted molar refractivity (Wildman–Crippen MR) is 74.5 cm³/mol. The molecule has 19 heavy (non-hydrogen) atoms. The van der Waals surface area contributed by atoms with E-state index in [9.17, 15) is 4.79 Å². The second-order valence-electron chi connectivity index (χ2n) is 4.87. The van der Waals surface area contributed by atoms with Crippen LogP contribution in [0.25, 0.3) is 0 Å². The van der Waals surface area contributed by atoms with Gasteiger partial charge in [-0.1, -0.05) is 17.7 Å². The van der Waals surface area contributed by atoms with Gasteiger partial charge in [0.05, 0.1) is 0 Å². The fraction of sp³-hybridized carbons (Fsp3) is 0.235. The van der Waals surface area contributed by atoms with E-state index in [0.29, 0.717) is 0 Å². The van der Waals surface area contributed by atoms with Crippen molar-refractivity contribution in [1.29, 1.82) is 0 Å². The molecule has 0 aliphatic carbocycles. The van der Waals surface area contributed by atoms with Crippen LogP contribution in [0.2, 0.25) is 0 Å². The Hall–Kier alpha value is -1.16. The number of rotatable bonds is 3. The summed E-state index contributed by atoms with van der Waals surface area (Å²) in [4.78, 5) is 11.3. The smallest absolute Gasteiger partial charge is 0.295 e. The topological polar surface area (TPSA) is 17.1 Å². The van der Waals surface area contributed by atoms with Crippen molar-refractivity contribution < 1.29 is 26.0 Å². The van der Waals surface area contributed by atoms with Gasteiger partial charge < -0.3 is 0 Å². The third kappa shape index (κ3) is 3.44. The average Bonchev–Trinajstić information content (AvgIpc) is 2.34. The minimum absolute atomic E-state index is 0.132. The lowest BCUT2D eigenvalue weighted by Crippen LogP contribution is -3.62. The highest BCUT2D eigenvalue weighted by molar-refractivity contribution is 5.93. The number of hydrogen-bond donors (Lipinski definition) is 0. The molecular formula is C17H18IO+. The maximum absolute atomic E-state index is 11.3. The van der Waals surface area contributed by atoms with Crippen molar-refractivity contribution >= 4 is 5.78 Å². The van der Waals surface area contributed by atoms with Gasteiger partial charge in [0.15, 0.2) is 12.9 Å². The molecule has 0 aromatic heterocycles. The van der Waals surface area contributed by atoms with Crippen LogP contribution < -0.4 is 21.2 Å². The first kappa shape index (κ1) is 14.3. The molecule has 0 saturated carbocycles. The summed E-state index contributed by atoms with van der Waals surface area (Å²) >= 11 is -0.171. The maximum Gasteiger partial charge on any atom is 0.358 e. The maximum atomic E-state index is 11.3. The van der Waals surface area contributed by atoms with Crippen LogP contribution in [0.1, 0.15) is 34.0 Å². The van der Waals surface area contributed by atoms with Crippen molar-refractivity contribution in [3.8, 4) is 0 Å². The highest BCUT2D eigenvalue weighted by atomic mass is 127. The van der Waals surface area contributed by atoms with E-state index in [4.69, 9.17) is 0 Å². The standard InChI is InChI=1S/C17H18IO/c1-11-9-12(2)17(13(3)10-11)18-16-7-5-15(6-8-16)14(4)19/h5-10H,1-4H3/q+1. The van der Waals surface area contributed by atoms with Gasteiger partial charge in [-0.15, -0.1) is 0 Å². The lowest BCUT2D eigenvalue weighted by atomic mass is 10.1. The van der Waals surface area contributed by atoms with Crippen molar-refractivity contribution in [1.82, 2.24) is 0 Å². The summed E-state index contributed by atoms with van der Waals surface area (Å²) < 4.78 is 2.86. The first-order valence-corrected chi connectivity index (χ1v) is 8.47. The van der Waals surface area contributed by atoms with Gasteiger partial charge in [0.1, 0.15) is 0 Å². The molecule has 0 atom stereocenters. The SMILES string of the molecule is CC(=O)c1ccc([I+]c2c(C)cc(C)cc2C)cc1. The van der Waals surface area contributed by atoms with E-state index >= 15 is 0 Å². The molecule has 2 heteroatoms. The van der Waals surface area contributed by atoms with Crippen LogP contribution in [0.5, 0.6) is 0 Å². The van der Waals surface area contributed by atoms with Crippen LogP contribution in [-0.4, -0.2) is 5.78 Å². The van der Waals surface area contributed by atoms with E-state index in [1.165, 1.54) is 23.8 Å². The molecule has 2 aromatic carbocycles. The fourth-order valence-electron chi connectivity index (χ4n) is 2.17. The Morgan fingerprint density at radius 1 is 0.947 bits per heavy atom. The average molecular weight is 365 g/mol. The van der Waals surface area contributed by atoms with Crippen molar-refractivity contribution in [2.75, 3.05) is 0 Å². The number of benzene rings is 2. The summed E-state index contributed by atoms with van der Waals surface area (Å²) in [6, 6.07) is 12.6. The number of aryl methyl sites for hydroxylation is 3. The van der Waals surface area contributed by atoms with E-state index in [2.05, 4.69) is 45.0 Å². The summed E-state index contributed by atoms with van der Waals surface area (Å²) in [7, 11) is 0. The number of ketones is 1. The van der Waals surface area contributed by atoms with Crippen LogP contribution in [0, 0.1) is 27.9 Å². The second kappa shape index (κ2) is 5.87. The van der Waals surface area contributed by atoms with Crippen LogP contribution in [-0.2, 0) is 0 Å². The molecular weight excluding hydrogens is 347 g/mol. The molecule has 0 aliphatic rings. The number of Topliss-reactive ketones (excluding diaryl/α,β-unsaturated/α-hetero) is 1. The molecule has 0 unspecified atom stereocenters. The third-order valence-corrected chi connectivity index (χ3v) is 6.62. The lowest BCUT2D eigenvalue weighted by molar-refractivity contribution is -0.598. The first-order valence-electron chi connectivity index (χ1n) is 6.31. The molecule has 2 rings (SSSR count). The Kier molecular flexibility index (Phi) is 4.40. The normalized spacial score (nSPS) is 10.5. The van der Waals surface area contributed by atoms with Gasteiger partial charge in [0, 0.05) is 16.7 Å². The van der Waals surface area contributed by atoms with Gasteiger partial charge in [0.2, 0.25) is 0 Å². The quantitative estimate of drug-likeness (QED) is 0.585. The molecule has 1 nitrogen and oxygen atoms in total. The molecule has 98 valence electrons. The van der Waals surface area contributed by atoms with E-state index in [1.807, 2.05) is 12.1 Å². The minimum Gasteiger partial charge on any atom is -0.295 e. The molecule has 0 fully saturated rings. The minimum atomic E-state index is -0.171. The van der Waals surface area contributed by atoms with E-state index in [0.717, 1.165) is 5.56 Å². The zero-order valence-corrected chi connectivity index (χ0v) is 13.9. The highest BCUT2D eigenvalue weighted by Crippen LogP contribution is 2.07. The van der Waals surface area contributed by atoms with E-state index in [1.54, 1.807) is 6.92 Å². The monoisotopic (exact) mass is 365 g/mol. The van der Waals surface area contributed by atoms with Gasteiger partial charge >= 0.3 is 21.2 Å². The van der Waals surface area contributed by atoms with Gasteiger partial charge in [-0.05, 0) is 52.0 Å². The predicted octanol–water partition coefficient (Wildman–Crippen LogP) is 0.943.